The predicted octanol–water partition coefficient (Wildman–Crippen LogP) is 3.84. The molecule has 0 bridgehead atoms. The van der Waals surface area contributed by atoms with Gasteiger partial charge in [0.1, 0.15) is 11.6 Å². The molecule has 1 aromatic heterocycles. The van der Waals surface area contributed by atoms with E-state index in [9.17, 15) is 9.90 Å². The van der Waals surface area contributed by atoms with E-state index in [2.05, 4.69) is 39.3 Å². The molecule has 0 unspecified atom stereocenters. The van der Waals surface area contributed by atoms with Crippen LogP contribution in [-0.4, -0.2) is 90.2 Å². The van der Waals surface area contributed by atoms with Crippen molar-refractivity contribution in [2.75, 3.05) is 69.3 Å². The van der Waals surface area contributed by atoms with Crippen LogP contribution in [0, 0.1) is 0 Å². The lowest BCUT2D eigenvalue weighted by atomic mass is 10.0. The maximum atomic E-state index is 12.0. The molecule has 0 atom stereocenters. The van der Waals surface area contributed by atoms with Gasteiger partial charge in [-0.05, 0) is 56.4 Å². The van der Waals surface area contributed by atoms with Crippen LogP contribution in [0.2, 0.25) is 0 Å². The number of hydrogen-bond donors (Lipinski definition) is 1. The molecule has 6 rings (SSSR count). The number of phenols is 1. The first-order chi connectivity index (χ1) is 19.5. The zero-order valence-electron chi connectivity index (χ0n) is 23.7. The van der Waals surface area contributed by atoms with Gasteiger partial charge in [0, 0.05) is 55.4 Å². The largest absolute Gasteiger partial charge is 0.508 e. The van der Waals surface area contributed by atoms with E-state index in [-0.39, 0.29) is 11.7 Å². The number of benzene rings is 2. The van der Waals surface area contributed by atoms with Gasteiger partial charge in [-0.3, -0.25) is 4.79 Å². The quantitative estimate of drug-likeness (QED) is 0.485. The zero-order valence-corrected chi connectivity index (χ0v) is 23.7. The van der Waals surface area contributed by atoms with Crippen molar-refractivity contribution in [1.29, 1.82) is 0 Å². The van der Waals surface area contributed by atoms with E-state index in [0.717, 1.165) is 46.5 Å². The topological polar surface area (TPSA) is 85.3 Å². The molecule has 40 heavy (non-hydrogen) atoms. The first-order valence-corrected chi connectivity index (χ1v) is 14.3. The molecular formula is C31H40N6O3. The zero-order chi connectivity index (χ0) is 28.1. The molecule has 212 valence electrons. The lowest BCUT2D eigenvalue weighted by Gasteiger charge is -2.38. The van der Waals surface area contributed by atoms with E-state index in [1.165, 1.54) is 38.6 Å². The highest BCUT2D eigenvalue weighted by atomic mass is 16.5. The number of methoxy groups -OCH3 is 1. The molecule has 0 saturated carbocycles. The van der Waals surface area contributed by atoms with E-state index in [1.807, 2.05) is 29.2 Å². The van der Waals surface area contributed by atoms with Crippen LogP contribution in [0.5, 0.6) is 11.8 Å². The van der Waals surface area contributed by atoms with Crippen LogP contribution in [0.25, 0.3) is 10.8 Å². The molecule has 1 N–H and O–H groups in total. The first-order valence-electron chi connectivity index (χ1n) is 14.3. The molecule has 4 heterocycles. The van der Waals surface area contributed by atoms with Crippen LogP contribution in [-0.2, 0) is 17.8 Å². The number of aromatic hydroxyl groups is 1. The van der Waals surface area contributed by atoms with Crippen molar-refractivity contribution in [2.45, 2.75) is 32.7 Å². The van der Waals surface area contributed by atoms with Crippen molar-refractivity contribution in [2.24, 2.45) is 0 Å². The van der Waals surface area contributed by atoms with Crippen LogP contribution in [0.1, 0.15) is 31.0 Å². The molecule has 2 aromatic carbocycles. The van der Waals surface area contributed by atoms with E-state index in [4.69, 9.17) is 9.72 Å². The number of hydrogen-bond acceptors (Lipinski definition) is 8. The fourth-order valence-corrected chi connectivity index (χ4v) is 5.85. The number of likely N-dealkylation sites (tertiary alicyclic amines) is 1. The summed E-state index contributed by atoms with van der Waals surface area (Å²) in [6, 6.07) is 12.0. The van der Waals surface area contributed by atoms with Crippen molar-refractivity contribution in [3.8, 4) is 11.8 Å². The van der Waals surface area contributed by atoms with Gasteiger partial charge in [-0.1, -0.05) is 37.8 Å². The van der Waals surface area contributed by atoms with Crippen LogP contribution >= 0.6 is 0 Å². The van der Waals surface area contributed by atoms with Gasteiger partial charge in [0.05, 0.1) is 19.3 Å². The van der Waals surface area contributed by atoms with Crippen molar-refractivity contribution in [1.82, 2.24) is 19.8 Å². The Bertz CT molecular complexity index is 1350. The van der Waals surface area contributed by atoms with E-state index < -0.39 is 0 Å². The lowest BCUT2D eigenvalue weighted by Crippen LogP contribution is -2.49. The molecule has 3 aliphatic rings. The number of carbonyl (C=O) groups is 1. The molecule has 3 aliphatic heterocycles. The standard InChI is InChI=1S/C25H27N5O3.C6H13N/c1-3-23(32)28-10-12-29(13-11-28)24-20-8-9-30(16-21(20)26-25(27-24)33-2)22-15-18(31)14-17-6-4-5-7-19(17)22;1-2-7-5-3-4-6-7/h3-7,14-15,31H,1,8-13,16H2,2H3;2-6H2,1H3. The monoisotopic (exact) mass is 544 g/mol. The lowest BCUT2D eigenvalue weighted by molar-refractivity contribution is -0.126. The Labute approximate surface area is 236 Å². The number of ether oxygens (including phenoxy) is 1. The molecule has 9 nitrogen and oxygen atoms in total. The van der Waals surface area contributed by atoms with E-state index in [0.29, 0.717) is 38.7 Å². The fraction of sp³-hybridized carbons (Fsp3) is 0.452. The third-order valence-electron chi connectivity index (χ3n) is 8.08. The smallest absolute Gasteiger partial charge is 0.318 e. The minimum absolute atomic E-state index is 0.0362. The third kappa shape index (κ3) is 5.99. The molecule has 3 aromatic rings. The highest BCUT2D eigenvalue weighted by Crippen LogP contribution is 2.36. The van der Waals surface area contributed by atoms with Gasteiger partial charge in [0.25, 0.3) is 0 Å². The minimum atomic E-state index is -0.0362. The van der Waals surface area contributed by atoms with Crippen molar-refractivity contribution in [3.63, 3.8) is 0 Å². The van der Waals surface area contributed by atoms with Gasteiger partial charge in [-0.25, -0.2) is 0 Å². The second-order valence-electron chi connectivity index (χ2n) is 10.5. The number of rotatable bonds is 5. The van der Waals surface area contributed by atoms with Crippen molar-refractivity contribution >= 4 is 28.2 Å². The summed E-state index contributed by atoms with van der Waals surface area (Å²) < 4.78 is 5.43. The summed E-state index contributed by atoms with van der Waals surface area (Å²) in [5, 5.41) is 12.4. The average molecular weight is 545 g/mol. The Morgan fingerprint density at radius 1 is 1.02 bits per heavy atom. The van der Waals surface area contributed by atoms with E-state index in [1.54, 1.807) is 13.2 Å². The maximum absolute atomic E-state index is 12.0. The molecule has 9 heteroatoms. The number of piperazine rings is 1. The Morgan fingerprint density at radius 2 is 1.77 bits per heavy atom. The summed E-state index contributed by atoms with van der Waals surface area (Å²) in [5.41, 5.74) is 3.05. The molecular weight excluding hydrogens is 504 g/mol. The van der Waals surface area contributed by atoms with Gasteiger partial charge in [-0.2, -0.15) is 9.97 Å². The Balaban J connectivity index is 0.000000403. The number of amides is 1. The van der Waals surface area contributed by atoms with Gasteiger partial charge >= 0.3 is 6.01 Å². The summed E-state index contributed by atoms with van der Waals surface area (Å²) in [5.74, 6) is 1.11. The highest BCUT2D eigenvalue weighted by molar-refractivity contribution is 5.95. The Kier molecular flexibility index (Phi) is 8.69. The van der Waals surface area contributed by atoms with Crippen LogP contribution in [0.4, 0.5) is 11.5 Å². The summed E-state index contributed by atoms with van der Waals surface area (Å²) >= 11 is 0. The van der Waals surface area contributed by atoms with Gasteiger partial charge < -0.3 is 29.4 Å². The molecule has 2 fully saturated rings. The molecule has 2 saturated heterocycles. The average Bonchev–Trinajstić information content (AvgIpc) is 3.54. The van der Waals surface area contributed by atoms with Gasteiger partial charge in [0.15, 0.2) is 0 Å². The molecule has 0 radical (unpaired) electrons. The summed E-state index contributed by atoms with van der Waals surface area (Å²) in [7, 11) is 1.58. The molecule has 0 spiro atoms. The normalized spacial score (nSPS) is 17.3. The highest BCUT2D eigenvalue weighted by Gasteiger charge is 2.29. The molecule has 1 amide bonds. The number of phenolic OH excluding ortho intramolecular Hbond substituents is 1. The summed E-state index contributed by atoms with van der Waals surface area (Å²) in [6.45, 7) is 13.8. The summed E-state index contributed by atoms with van der Waals surface area (Å²) in [6.07, 6.45) is 5.00. The Hall–Kier alpha value is -3.85. The predicted molar refractivity (Wildman–Crippen MR) is 159 cm³/mol. The number of nitrogens with zero attached hydrogens (tertiary/aromatic N) is 6. The fourth-order valence-electron chi connectivity index (χ4n) is 5.85. The maximum Gasteiger partial charge on any atom is 0.318 e. The second-order valence-corrected chi connectivity index (χ2v) is 10.5. The number of anilines is 2. The third-order valence-corrected chi connectivity index (χ3v) is 8.08. The Morgan fingerprint density at radius 3 is 2.45 bits per heavy atom. The molecule has 0 aliphatic carbocycles. The van der Waals surface area contributed by atoms with Crippen LogP contribution in [0.3, 0.4) is 0 Å². The number of carbonyl (C=O) groups excluding carboxylic acids is 1. The van der Waals surface area contributed by atoms with E-state index >= 15 is 0 Å². The minimum Gasteiger partial charge on any atom is -0.508 e. The van der Waals surface area contributed by atoms with Crippen LogP contribution < -0.4 is 14.5 Å². The van der Waals surface area contributed by atoms with Gasteiger partial charge in [-0.15, -0.1) is 0 Å². The van der Waals surface area contributed by atoms with Crippen LogP contribution in [0.15, 0.2) is 49.1 Å². The van der Waals surface area contributed by atoms with Crippen molar-refractivity contribution < 1.29 is 14.6 Å². The SMILES string of the molecule is C=CC(=O)N1CCN(c2nc(OC)nc3c2CCN(c2cc(O)cc4ccccc24)C3)CC1.CCN1CCCC1. The van der Waals surface area contributed by atoms with Gasteiger partial charge in [0.2, 0.25) is 5.91 Å². The number of fused-ring (bicyclic) bond motifs is 2. The van der Waals surface area contributed by atoms with Crippen molar-refractivity contribution in [3.05, 3.63) is 60.3 Å². The second kappa shape index (κ2) is 12.6. The summed E-state index contributed by atoms with van der Waals surface area (Å²) in [4.78, 5) is 30.1. The number of aromatic nitrogens is 2. The first kappa shape index (κ1) is 27.7.